The summed E-state index contributed by atoms with van der Waals surface area (Å²) in [5.41, 5.74) is -3.50. The second-order valence-corrected chi connectivity index (χ2v) is 16.4. The average Bonchev–Trinajstić information content (AvgIpc) is 3.03. The van der Waals surface area contributed by atoms with Crippen molar-refractivity contribution in [3.63, 3.8) is 0 Å². The van der Waals surface area contributed by atoms with Crippen LogP contribution in [-0.4, -0.2) is 117 Å². The SMILES string of the molecule is CC[C@H]1OC(=O)[C@H](C)[C@@H](OC2C[C@@](C)(O)C(CO)[C@H](C)O2)[C@H](C)[C@@H](O[C@@H]2OC(C)(CC)CC[C@H]2O)[C@@H](C)C[C@@H](C)CN[C@H](C)[C@@H](O)[C@]1(C)O. The molecule has 3 heterocycles. The Labute approximate surface area is 294 Å². The third-order valence-electron chi connectivity index (χ3n) is 11.9. The van der Waals surface area contributed by atoms with Crippen LogP contribution in [-0.2, 0) is 28.5 Å². The van der Waals surface area contributed by atoms with Crippen molar-refractivity contribution in [1.29, 1.82) is 0 Å². The van der Waals surface area contributed by atoms with Gasteiger partial charge in [-0.2, -0.15) is 0 Å². The van der Waals surface area contributed by atoms with Crippen LogP contribution in [0.3, 0.4) is 0 Å². The summed E-state index contributed by atoms with van der Waals surface area (Å²) in [6.45, 7) is 20.7. The van der Waals surface area contributed by atoms with Gasteiger partial charge in [-0.3, -0.25) is 4.79 Å². The van der Waals surface area contributed by atoms with Gasteiger partial charge in [0.2, 0.25) is 0 Å². The minimum atomic E-state index is -1.75. The third-order valence-corrected chi connectivity index (χ3v) is 11.9. The molecule has 12 nitrogen and oxygen atoms in total. The van der Waals surface area contributed by atoms with Crippen LogP contribution in [0.1, 0.15) is 115 Å². The molecule has 0 aliphatic carbocycles. The topological polar surface area (TPSA) is 176 Å². The molecule has 12 heteroatoms. The Morgan fingerprint density at radius 2 is 1.63 bits per heavy atom. The highest BCUT2D eigenvalue weighted by atomic mass is 16.7. The summed E-state index contributed by atoms with van der Waals surface area (Å²) in [5.74, 6) is -2.49. The first-order valence-electron chi connectivity index (χ1n) is 18.7. The number of cyclic esters (lactones) is 1. The van der Waals surface area contributed by atoms with Gasteiger partial charge in [-0.15, -0.1) is 0 Å². The highest BCUT2D eigenvalue weighted by Crippen LogP contribution is 2.40. The fraction of sp³-hybridized carbons (Fsp3) is 0.973. The summed E-state index contributed by atoms with van der Waals surface area (Å²) in [6, 6.07) is -0.497. The minimum Gasteiger partial charge on any atom is -0.459 e. The lowest BCUT2D eigenvalue weighted by atomic mass is 9.79. The maximum absolute atomic E-state index is 14.1. The van der Waals surface area contributed by atoms with Crippen molar-refractivity contribution < 1.29 is 54.0 Å². The molecule has 3 aliphatic heterocycles. The molecule has 0 aromatic carbocycles. The third kappa shape index (κ3) is 10.1. The molecule has 3 fully saturated rings. The first kappa shape index (κ1) is 42.5. The predicted octanol–water partition coefficient (Wildman–Crippen LogP) is 3.28. The van der Waals surface area contributed by atoms with E-state index in [4.69, 9.17) is 23.7 Å². The Hall–Kier alpha value is -0.930. The fourth-order valence-corrected chi connectivity index (χ4v) is 8.22. The normalized spacial score (nSPS) is 49.8. The van der Waals surface area contributed by atoms with Crippen molar-refractivity contribution in [1.82, 2.24) is 5.32 Å². The van der Waals surface area contributed by atoms with Crippen molar-refractivity contribution in [3.05, 3.63) is 0 Å². The van der Waals surface area contributed by atoms with Crippen LogP contribution in [0.25, 0.3) is 0 Å². The molecule has 3 unspecified atom stereocenters. The summed E-state index contributed by atoms with van der Waals surface area (Å²) in [4.78, 5) is 14.1. The Balaban J connectivity index is 2.08. The van der Waals surface area contributed by atoms with Crippen LogP contribution in [0.15, 0.2) is 0 Å². The smallest absolute Gasteiger partial charge is 0.311 e. The number of carbonyl (C=O) groups is 1. The molecule has 0 amide bonds. The van der Waals surface area contributed by atoms with Crippen LogP contribution in [0.2, 0.25) is 0 Å². The second kappa shape index (κ2) is 17.3. The second-order valence-electron chi connectivity index (χ2n) is 16.4. The van der Waals surface area contributed by atoms with E-state index < -0.39 is 95.8 Å². The van der Waals surface area contributed by atoms with Crippen LogP contribution in [0.5, 0.6) is 0 Å². The van der Waals surface area contributed by atoms with E-state index >= 15 is 0 Å². The molecule has 0 radical (unpaired) electrons. The minimum absolute atomic E-state index is 0.0625. The lowest BCUT2D eigenvalue weighted by molar-refractivity contribution is -0.310. The van der Waals surface area contributed by atoms with Gasteiger partial charge in [0, 0.05) is 24.3 Å². The number of rotatable bonds is 7. The van der Waals surface area contributed by atoms with E-state index in [0.717, 1.165) is 6.42 Å². The van der Waals surface area contributed by atoms with Gasteiger partial charge in [-0.1, -0.05) is 34.6 Å². The first-order chi connectivity index (χ1) is 22.7. The molecule has 0 saturated carbocycles. The summed E-state index contributed by atoms with van der Waals surface area (Å²) < 4.78 is 32.1. The highest BCUT2D eigenvalue weighted by molar-refractivity contribution is 5.73. The van der Waals surface area contributed by atoms with E-state index in [1.807, 2.05) is 13.8 Å². The maximum Gasteiger partial charge on any atom is 0.311 e. The average molecular weight is 704 g/mol. The molecule has 3 rings (SSSR count). The number of aliphatic hydroxyl groups excluding tert-OH is 3. The van der Waals surface area contributed by atoms with E-state index in [-0.39, 0.29) is 31.3 Å². The van der Waals surface area contributed by atoms with Crippen LogP contribution >= 0.6 is 0 Å². The Kier molecular flexibility index (Phi) is 15.0. The van der Waals surface area contributed by atoms with Crippen molar-refractivity contribution >= 4 is 5.97 Å². The molecule has 288 valence electrons. The molecule has 0 aromatic heterocycles. The van der Waals surface area contributed by atoms with E-state index in [9.17, 15) is 30.3 Å². The molecular weight excluding hydrogens is 634 g/mol. The van der Waals surface area contributed by atoms with Crippen LogP contribution in [0.4, 0.5) is 0 Å². The summed E-state index contributed by atoms with van der Waals surface area (Å²) in [7, 11) is 0. The molecule has 0 bridgehead atoms. The van der Waals surface area contributed by atoms with Gasteiger partial charge >= 0.3 is 5.97 Å². The fourth-order valence-electron chi connectivity index (χ4n) is 8.22. The molecule has 17 atom stereocenters. The van der Waals surface area contributed by atoms with E-state index in [2.05, 4.69) is 26.1 Å². The lowest BCUT2D eigenvalue weighted by Crippen LogP contribution is -2.59. The van der Waals surface area contributed by atoms with Crippen LogP contribution in [0, 0.1) is 29.6 Å². The Bertz CT molecular complexity index is 1040. The number of esters is 1. The van der Waals surface area contributed by atoms with E-state index in [1.54, 1.807) is 34.6 Å². The monoisotopic (exact) mass is 703 g/mol. The highest BCUT2D eigenvalue weighted by Gasteiger charge is 2.50. The van der Waals surface area contributed by atoms with Gasteiger partial charge in [0.1, 0.15) is 23.9 Å². The van der Waals surface area contributed by atoms with Crippen LogP contribution < -0.4 is 5.32 Å². The molecular formula is C37H69NO11. The van der Waals surface area contributed by atoms with Crippen molar-refractivity contribution in [3.8, 4) is 0 Å². The number of ether oxygens (including phenoxy) is 5. The maximum atomic E-state index is 14.1. The number of carbonyl (C=O) groups excluding carboxylic acids is 1. The molecule has 0 aromatic rings. The number of hydrogen-bond donors (Lipinski definition) is 6. The summed E-state index contributed by atoms with van der Waals surface area (Å²) in [5, 5.41) is 58.5. The summed E-state index contributed by atoms with van der Waals surface area (Å²) >= 11 is 0. The number of nitrogens with one attached hydrogen (secondary N) is 1. The summed E-state index contributed by atoms with van der Waals surface area (Å²) in [6.07, 6.45) is -3.81. The zero-order valence-electron chi connectivity index (χ0n) is 31.9. The molecule has 3 saturated heterocycles. The quantitative estimate of drug-likeness (QED) is 0.214. The van der Waals surface area contributed by atoms with Gasteiger partial charge in [0.25, 0.3) is 0 Å². The Morgan fingerprint density at radius 3 is 2.20 bits per heavy atom. The molecule has 3 aliphatic rings. The van der Waals surface area contributed by atoms with Gasteiger partial charge in [0.05, 0.1) is 42.0 Å². The first-order valence-corrected chi connectivity index (χ1v) is 18.7. The van der Waals surface area contributed by atoms with Gasteiger partial charge < -0.3 is 54.5 Å². The number of aliphatic hydroxyl groups is 5. The predicted molar refractivity (Wildman–Crippen MR) is 184 cm³/mol. The van der Waals surface area contributed by atoms with Gasteiger partial charge in [0.15, 0.2) is 12.6 Å². The van der Waals surface area contributed by atoms with Crippen molar-refractivity contribution in [2.45, 2.75) is 187 Å². The van der Waals surface area contributed by atoms with Gasteiger partial charge in [-0.25, -0.2) is 0 Å². The largest absolute Gasteiger partial charge is 0.459 e. The Morgan fingerprint density at radius 1 is 0.980 bits per heavy atom. The standard InChI is InChI=1S/C37H69NO11/c1-12-28-37(11,44)32(41)24(7)38-18-20(3)16-21(4)30(48-34-27(40)14-15-35(9,13-2)49-34)22(5)31(23(6)33(42)46-28)47-29-17-36(10,43)26(19-39)25(8)45-29/h20-32,34,38-41,43-44H,12-19H2,1-11H3/t20-,21+,22-,23-,24-,25+,26?,27-,28-,29?,30+,31+,32-,34-,35?,36-,37-/m1/s1. The number of hydrogen-bond acceptors (Lipinski definition) is 12. The zero-order chi connectivity index (χ0) is 37.1. The molecule has 49 heavy (non-hydrogen) atoms. The van der Waals surface area contributed by atoms with E-state index in [0.29, 0.717) is 25.8 Å². The lowest BCUT2D eigenvalue weighted by Gasteiger charge is -2.47. The van der Waals surface area contributed by atoms with Crippen molar-refractivity contribution in [2.24, 2.45) is 29.6 Å². The van der Waals surface area contributed by atoms with Crippen molar-refractivity contribution in [2.75, 3.05) is 13.2 Å². The van der Waals surface area contributed by atoms with Gasteiger partial charge in [-0.05, 0) is 92.0 Å². The zero-order valence-corrected chi connectivity index (χ0v) is 31.9. The van der Waals surface area contributed by atoms with E-state index in [1.165, 1.54) is 6.92 Å². The molecule has 6 N–H and O–H groups in total. The molecule has 0 spiro atoms.